The van der Waals surface area contributed by atoms with E-state index in [0.717, 1.165) is 12.8 Å². The lowest BCUT2D eigenvalue weighted by Gasteiger charge is -2.33. The number of carboxylic acids is 1. The summed E-state index contributed by atoms with van der Waals surface area (Å²) in [5.41, 5.74) is 0. The minimum atomic E-state index is -3.16. The smallest absolute Gasteiger partial charge is 0.306 e. The number of carboxylic acid groups (broad SMARTS) is 1. The fourth-order valence-corrected chi connectivity index (χ4v) is 4.56. The maximum atomic E-state index is 12.3. The molecule has 0 spiro atoms. The standard InChI is InChI=1S/C15H26N2O5S/c1-2-23(21,22)17-8-6-13(7-9-17)16-14(18)11-4-3-5-12(10-11)15(19)20/h11-13H,2-10H2,1H3,(H,16,18)(H,19,20). The molecule has 1 heterocycles. The monoisotopic (exact) mass is 346 g/mol. The predicted molar refractivity (Wildman–Crippen MR) is 85.3 cm³/mol. The van der Waals surface area contributed by atoms with Crippen molar-refractivity contribution in [3.8, 4) is 0 Å². The van der Waals surface area contributed by atoms with Gasteiger partial charge in [0, 0.05) is 25.0 Å². The molecule has 0 aromatic carbocycles. The van der Waals surface area contributed by atoms with E-state index in [1.165, 1.54) is 4.31 Å². The molecule has 1 aliphatic carbocycles. The first-order chi connectivity index (χ1) is 10.8. The largest absolute Gasteiger partial charge is 0.481 e. The highest BCUT2D eigenvalue weighted by molar-refractivity contribution is 7.89. The Morgan fingerprint density at radius 2 is 1.74 bits per heavy atom. The number of carbonyl (C=O) groups is 2. The summed E-state index contributed by atoms with van der Waals surface area (Å²) in [6.07, 6.45) is 3.78. The van der Waals surface area contributed by atoms with Crippen LogP contribution in [0.2, 0.25) is 0 Å². The third-order valence-electron chi connectivity index (χ3n) is 4.95. The first-order valence-electron chi connectivity index (χ1n) is 8.34. The van der Waals surface area contributed by atoms with E-state index in [9.17, 15) is 18.0 Å². The van der Waals surface area contributed by atoms with Gasteiger partial charge in [-0.2, -0.15) is 0 Å². The molecule has 1 amide bonds. The van der Waals surface area contributed by atoms with Gasteiger partial charge < -0.3 is 10.4 Å². The molecule has 2 unspecified atom stereocenters. The number of amides is 1. The van der Waals surface area contributed by atoms with Crippen molar-refractivity contribution in [1.82, 2.24) is 9.62 Å². The Bertz CT molecular complexity index is 540. The average molecular weight is 346 g/mol. The van der Waals surface area contributed by atoms with Crippen molar-refractivity contribution < 1.29 is 23.1 Å². The molecule has 1 aliphatic heterocycles. The maximum absolute atomic E-state index is 12.3. The minimum absolute atomic E-state index is 0.0176. The van der Waals surface area contributed by atoms with Crippen LogP contribution in [0.3, 0.4) is 0 Å². The van der Waals surface area contributed by atoms with E-state index in [0.29, 0.717) is 38.8 Å². The number of carbonyl (C=O) groups excluding carboxylic acids is 1. The van der Waals surface area contributed by atoms with Crippen molar-refractivity contribution in [2.24, 2.45) is 11.8 Å². The second kappa shape index (κ2) is 7.61. The first kappa shape index (κ1) is 18.2. The van der Waals surface area contributed by atoms with Crippen LogP contribution < -0.4 is 5.32 Å². The summed E-state index contributed by atoms with van der Waals surface area (Å²) in [5, 5.41) is 12.1. The summed E-state index contributed by atoms with van der Waals surface area (Å²) < 4.78 is 25.1. The number of hydrogen-bond donors (Lipinski definition) is 2. The highest BCUT2D eigenvalue weighted by Crippen LogP contribution is 2.29. The molecule has 1 saturated carbocycles. The zero-order chi connectivity index (χ0) is 17.0. The topological polar surface area (TPSA) is 104 Å². The zero-order valence-corrected chi connectivity index (χ0v) is 14.3. The van der Waals surface area contributed by atoms with E-state index in [1.54, 1.807) is 6.92 Å². The molecule has 2 rings (SSSR count). The van der Waals surface area contributed by atoms with E-state index in [2.05, 4.69) is 5.32 Å². The summed E-state index contributed by atoms with van der Waals surface area (Å²) in [5.74, 6) is -1.45. The van der Waals surface area contributed by atoms with Crippen LogP contribution in [0, 0.1) is 11.8 Å². The number of nitrogens with zero attached hydrogens (tertiary/aromatic N) is 1. The van der Waals surface area contributed by atoms with E-state index in [-0.39, 0.29) is 23.6 Å². The molecule has 2 N–H and O–H groups in total. The second-order valence-corrected chi connectivity index (χ2v) is 8.74. The molecule has 132 valence electrons. The van der Waals surface area contributed by atoms with Gasteiger partial charge in [0.05, 0.1) is 11.7 Å². The lowest BCUT2D eigenvalue weighted by molar-refractivity contribution is -0.144. The predicted octanol–water partition coefficient (Wildman–Crippen LogP) is 0.808. The highest BCUT2D eigenvalue weighted by Gasteiger charge is 2.33. The molecule has 2 fully saturated rings. The number of piperidine rings is 1. The SMILES string of the molecule is CCS(=O)(=O)N1CCC(NC(=O)C2CCCC(C(=O)O)C2)CC1. The summed E-state index contributed by atoms with van der Waals surface area (Å²) in [6.45, 7) is 2.50. The molecule has 0 radical (unpaired) electrons. The minimum Gasteiger partial charge on any atom is -0.481 e. The number of aliphatic carboxylic acids is 1. The van der Waals surface area contributed by atoms with Gasteiger partial charge in [-0.3, -0.25) is 9.59 Å². The van der Waals surface area contributed by atoms with Gasteiger partial charge in [-0.15, -0.1) is 0 Å². The molecule has 8 heteroatoms. The summed E-state index contributed by atoms with van der Waals surface area (Å²) >= 11 is 0. The van der Waals surface area contributed by atoms with E-state index < -0.39 is 21.9 Å². The van der Waals surface area contributed by atoms with Crippen molar-refractivity contribution in [3.63, 3.8) is 0 Å². The molecule has 1 saturated heterocycles. The first-order valence-corrected chi connectivity index (χ1v) is 9.95. The Hall–Kier alpha value is -1.15. The highest BCUT2D eigenvalue weighted by atomic mass is 32.2. The van der Waals surface area contributed by atoms with Crippen LogP contribution in [0.5, 0.6) is 0 Å². The molecule has 0 bridgehead atoms. The zero-order valence-electron chi connectivity index (χ0n) is 13.5. The lowest BCUT2D eigenvalue weighted by atomic mass is 9.81. The Morgan fingerprint density at radius 1 is 1.13 bits per heavy atom. The summed E-state index contributed by atoms with van der Waals surface area (Å²) in [6, 6.07) is -0.0176. The van der Waals surface area contributed by atoms with Gasteiger partial charge in [0.1, 0.15) is 0 Å². The van der Waals surface area contributed by atoms with Gasteiger partial charge >= 0.3 is 5.97 Å². The molecule has 0 aromatic rings. The molecule has 2 aliphatic rings. The fraction of sp³-hybridized carbons (Fsp3) is 0.867. The van der Waals surface area contributed by atoms with Crippen molar-refractivity contribution in [1.29, 1.82) is 0 Å². The Labute approximate surface area is 137 Å². The second-order valence-electron chi connectivity index (χ2n) is 6.48. The van der Waals surface area contributed by atoms with Crippen molar-refractivity contribution in [2.45, 2.75) is 51.5 Å². The van der Waals surface area contributed by atoms with Crippen molar-refractivity contribution in [3.05, 3.63) is 0 Å². The fourth-order valence-electron chi connectivity index (χ4n) is 3.43. The number of rotatable bonds is 5. The van der Waals surface area contributed by atoms with Gasteiger partial charge in [-0.1, -0.05) is 6.42 Å². The van der Waals surface area contributed by atoms with E-state index in [1.807, 2.05) is 0 Å². The third-order valence-corrected chi connectivity index (χ3v) is 6.83. The van der Waals surface area contributed by atoms with E-state index in [4.69, 9.17) is 5.11 Å². The van der Waals surface area contributed by atoms with Crippen LogP contribution in [0.4, 0.5) is 0 Å². The van der Waals surface area contributed by atoms with Crippen LogP contribution >= 0.6 is 0 Å². The quantitative estimate of drug-likeness (QED) is 0.766. The average Bonchev–Trinajstić information content (AvgIpc) is 2.55. The molecule has 2 atom stereocenters. The Balaban J connectivity index is 1.82. The van der Waals surface area contributed by atoms with Crippen LogP contribution in [0.1, 0.15) is 45.4 Å². The van der Waals surface area contributed by atoms with Crippen LogP contribution in [-0.2, 0) is 19.6 Å². The van der Waals surface area contributed by atoms with Crippen molar-refractivity contribution >= 4 is 21.9 Å². The molecule has 0 aromatic heterocycles. The normalized spacial score (nSPS) is 27.5. The summed E-state index contributed by atoms with van der Waals surface area (Å²) in [7, 11) is -3.16. The van der Waals surface area contributed by atoms with Gasteiger partial charge in [-0.25, -0.2) is 12.7 Å². The van der Waals surface area contributed by atoms with Crippen LogP contribution in [-0.4, -0.2) is 54.6 Å². The van der Waals surface area contributed by atoms with Crippen molar-refractivity contribution in [2.75, 3.05) is 18.8 Å². The van der Waals surface area contributed by atoms with Crippen LogP contribution in [0.15, 0.2) is 0 Å². The number of hydrogen-bond acceptors (Lipinski definition) is 4. The third kappa shape index (κ3) is 4.67. The van der Waals surface area contributed by atoms with Gasteiger partial charge in [0.25, 0.3) is 0 Å². The molecular weight excluding hydrogens is 320 g/mol. The maximum Gasteiger partial charge on any atom is 0.306 e. The summed E-state index contributed by atoms with van der Waals surface area (Å²) in [4.78, 5) is 23.4. The Kier molecular flexibility index (Phi) is 6.02. The Morgan fingerprint density at radius 3 is 2.30 bits per heavy atom. The number of sulfonamides is 1. The molecule has 7 nitrogen and oxygen atoms in total. The molecular formula is C15H26N2O5S. The van der Waals surface area contributed by atoms with Gasteiger partial charge in [0.15, 0.2) is 0 Å². The van der Waals surface area contributed by atoms with Gasteiger partial charge in [0.2, 0.25) is 15.9 Å². The lowest BCUT2D eigenvalue weighted by Crippen LogP contribution is -2.48. The molecule has 23 heavy (non-hydrogen) atoms. The van der Waals surface area contributed by atoms with Crippen LogP contribution in [0.25, 0.3) is 0 Å². The number of nitrogens with one attached hydrogen (secondary N) is 1. The van der Waals surface area contributed by atoms with Gasteiger partial charge in [-0.05, 0) is 39.0 Å². The van der Waals surface area contributed by atoms with E-state index >= 15 is 0 Å².